The summed E-state index contributed by atoms with van der Waals surface area (Å²) in [4.78, 5) is 0. The van der Waals surface area contributed by atoms with Crippen LogP contribution in [0.25, 0.3) is 0 Å². The first-order valence-corrected chi connectivity index (χ1v) is 5.99. The van der Waals surface area contributed by atoms with Crippen molar-refractivity contribution in [2.45, 2.75) is 39.4 Å². The molecular formula is C13H19F3N2. The third-order valence-corrected chi connectivity index (χ3v) is 2.96. The van der Waals surface area contributed by atoms with Gasteiger partial charge in [0.15, 0.2) is 0 Å². The Balaban J connectivity index is 2.99. The molecule has 0 radical (unpaired) electrons. The fourth-order valence-corrected chi connectivity index (χ4v) is 1.85. The van der Waals surface area contributed by atoms with Gasteiger partial charge in [-0.2, -0.15) is 13.2 Å². The SMILES string of the molecule is CCC(Nc1ccc(N)c(C(F)(F)F)c1)C(C)C. The highest BCUT2D eigenvalue weighted by Gasteiger charge is 2.33. The van der Waals surface area contributed by atoms with Crippen molar-refractivity contribution in [1.29, 1.82) is 0 Å². The fourth-order valence-electron chi connectivity index (χ4n) is 1.85. The Bertz CT molecular complexity index is 400. The van der Waals surface area contributed by atoms with Gasteiger partial charge in [0.1, 0.15) is 0 Å². The second kappa shape index (κ2) is 5.50. The van der Waals surface area contributed by atoms with Crippen LogP contribution in [-0.4, -0.2) is 6.04 Å². The van der Waals surface area contributed by atoms with E-state index in [1.807, 2.05) is 20.8 Å². The van der Waals surface area contributed by atoms with Gasteiger partial charge in [-0.25, -0.2) is 0 Å². The van der Waals surface area contributed by atoms with Crippen LogP contribution in [0.5, 0.6) is 0 Å². The number of rotatable bonds is 4. The van der Waals surface area contributed by atoms with Gasteiger partial charge in [0.2, 0.25) is 0 Å². The summed E-state index contributed by atoms with van der Waals surface area (Å²) in [5, 5.41) is 3.11. The Labute approximate surface area is 105 Å². The van der Waals surface area contributed by atoms with Crippen LogP contribution < -0.4 is 11.1 Å². The van der Waals surface area contributed by atoms with E-state index in [9.17, 15) is 13.2 Å². The van der Waals surface area contributed by atoms with Crippen LogP contribution in [0.2, 0.25) is 0 Å². The normalized spacial score (nSPS) is 13.7. The summed E-state index contributed by atoms with van der Waals surface area (Å²) in [7, 11) is 0. The summed E-state index contributed by atoms with van der Waals surface area (Å²) in [5.74, 6) is 0.349. The Kier molecular flexibility index (Phi) is 4.48. The minimum atomic E-state index is -4.42. The molecule has 1 atom stereocenters. The molecule has 0 fully saturated rings. The summed E-state index contributed by atoms with van der Waals surface area (Å²) in [6, 6.07) is 4.09. The fraction of sp³-hybridized carbons (Fsp3) is 0.538. The lowest BCUT2D eigenvalue weighted by Gasteiger charge is -2.23. The van der Waals surface area contributed by atoms with Crippen molar-refractivity contribution < 1.29 is 13.2 Å². The van der Waals surface area contributed by atoms with Crippen LogP contribution in [0.4, 0.5) is 24.5 Å². The number of hydrogen-bond donors (Lipinski definition) is 2. The van der Waals surface area contributed by atoms with Crippen molar-refractivity contribution in [1.82, 2.24) is 0 Å². The smallest absolute Gasteiger partial charge is 0.398 e. The molecule has 0 saturated heterocycles. The molecule has 102 valence electrons. The van der Waals surface area contributed by atoms with Crippen molar-refractivity contribution in [3.05, 3.63) is 23.8 Å². The predicted octanol–water partition coefficient (Wildman–Crippen LogP) is 4.13. The molecule has 0 aromatic heterocycles. The Morgan fingerprint density at radius 2 is 1.89 bits per heavy atom. The monoisotopic (exact) mass is 260 g/mol. The molecule has 0 amide bonds. The largest absolute Gasteiger partial charge is 0.418 e. The zero-order chi connectivity index (χ0) is 13.9. The summed E-state index contributed by atoms with van der Waals surface area (Å²) in [5.41, 5.74) is 4.78. The number of alkyl halides is 3. The lowest BCUT2D eigenvalue weighted by atomic mass is 10.0. The first-order chi connectivity index (χ1) is 8.25. The van der Waals surface area contributed by atoms with E-state index in [0.717, 1.165) is 12.5 Å². The van der Waals surface area contributed by atoms with Crippen LogP contribution in [0, 0.1) is 5.92 Å². The highest BCUT2D eigenvalue weighted by molar-refractivity contribution is 5.58. The van der Waals surface area contributed by atoms with Crippen LogP contribution in [0.15, 0.2) is 18.2 Å². The van der Waals surface area contributed by atoms with E-state index in [4.69, 9.17) is 5.73 Å². The minimum absolute atomic E-state index is 0.148. The van der Waals surface area contributed by atoms with Gasteiger partial charge in [0, 0.05) is 17.4 Å². The molecule has 1 unspecified atom stereocenters. The number of nitrogen functional groups attached to an aromatic ring is 1. The average molecular weight is 260 g/mol. The van der Waals surface area contributed by atoms with Gasteiger partial charge in [-0.15, -0.1) is 0 Å². The maximum Gasteiger partial charge on any atom is 0.418 e. The average Bonchev–Trinajstić information content (AvgIpc) is 2.25. The zero-order valence-electron chi connectivity index (χ0n) is 10.8. The molecule has 0 aliphatic heterocycles. The van der Waals surface area contributed by atoms with E-state index in [1.54, 1.807) is 6.07 Å². The molecule has 2 nitrogen and oxygen atoms in total. The van der Waals surface area contributed by atoms with Crippen molar-refractivity contribution in [3.8, 4) is 0 Å². The van der Waals surface area contributed by atoms with Crippen LogP contribution in [-0.2, 0) is 6.18 Å². The van der Waals surface area contributed by atoms with Gasteiger partial charge in [0.05, 0.1) is 5.56 Å². The quantitative estimate of drug-likeness (QED) is 0.799. The molecule has 0 aliphatic rings. The Morgan fingerprint density at radius 1 is 1.28 bits per heavy atom. The molecule has 0 saturated carbocycles. The Hall–Kier alpha value is -1.39. The van der Waals surface area contributed by atoms with Crippen LogP contribution in [0.1, 0.15) is 32.8 Å². The predicted molar refractivity (Wildman–Crippen MR) is 68.4 cm³/mol. The molecular weight excluding hydrogens is 241 g/mol. The van der Waals surface area contributed by atoms with Gasteiger partial charge < -0.3 is 11.1 Å². The topological polar surface area (TPSA) is 38.0 Å². The third kappa shape index (κ3) is 3.55. The number of anilines is 2. The van der Waals surface area contributed by atoms with E-state index < -0.39 is 11.7 Å². The minimum Gasteiger partial charge on any atom is -0.398 e. The number of nitrogens with one attached hydrogen (secondary N) is 1. The Morgan fingerprint density at radius 3 is 2.33 bits per heavy atom. The van der Waals surface area contributed by atoms with E-state index in [2.05, 4.69) is 5.32 Å². The van der Waals surface area contributed by atoms with E-state index in [0.29, 0.717) is 11.6 Å². The molecule has 5 heteroatoms. The second-order valence-corrected chi connectivity index (χ2v) is 4.70. The molecule has 0 aliphatic carbocycles. The van der Waals surface area contributed by atoms with Crippen molar-refractivity contribution in [3.63, 3.8) is 0 Å². The van der Waals surface area contributed by atoms with Crippen molar-refractivity contribution >= 4 is 11.4 Å². The highest BCUT2D eigenvalue weighted by Crippen LogP contribution is 2.35. The first kappa shape index (κ1) is 14.7. The summed E-state index contributed by atoms with van der Waals surface area (Å²) < 4.78 is 38.1. The first-order valence-electron chi connectivity index (χ1n) is 5.99. The maximum absolute atomic E-state index is 12.7. The zero-order valence-corrected chi connectivity index (χ0v) is 10.8. The standard InChI is InChI=1S/C13H19F3N2/c1-4-12(8(2)3)18-9-5-6-11(17)10(7-9)13(14,15)16/h5-8,12,18H,4,17H2,1-3H3. The van der Waals surface area contributed by atoms with Gasteiger partial charge >= 0.3 is 6.18 Å². The van der Waals surface area contributed by atoms with Crippen molar-refractivity contribution in [2.75, 3.05) is 11.1 Å². The molecule has 18 heavy (non-hydrogen) atoms. The van der Waals surface area contributed by atoms with Crippen LogP contribution in [0.3, 0.4) is 0 Å². The molecule has 1 aromatic rings. The van der Waals surface area contributed by atoms with E-state index in [-0.39, 0.29) is 11.7 Å². The summed E-state index contributed by atoms with van der Waals surface area (Å²) >= 11 is 0. The van der Waals surface area contributed by atoms with E-state index >= 15 is 0 Å². The molecule has 0 heterocycles. The van der Waals surface area contributed by atoms with Gasteiger partial charge in [-0.3, -0.25) is 0 Å². The van der Waals surface area contributed by atoms with E-state index in [1.165, 1.54) is 6.07 Å². The van der Waals surface area contributed by atoms with Gasteiger partial charge in [-0.05, 0) is 30.5 Å². The molecule has 3 N–H and O–H groups in total. The number of nitrogens with two attached hydrogens (primary N) is 1. The van der Waals surface area contributed by atoms with Gasteiger partial charge in [-0.1, -0.05) is 20.8 Å². The molecule has 1 rings (SSSR count). The molecule has 0 spiro atoms. The summed E-state index contributed by atoms with van der Waals surface area (Å²) in [6.07, 6.45) is -3.56. The maximum atomic E-state index is 12.7. The second-order valence-electron chi connectivity index (χ2n) is 4.70. The lowest BCUT2D eigenvalue weighted by molar-refractivity contribution is -0.136. The molecule has 1 aromatic carbocycles. The number of halogens is 3. The number of hydrogen-bond acceptors (Lipinski definition) is 2. The van der Waals surface area contributed by atoms with Gasteiger partial charge in [0.25, 0.3) is 0 Å². The molecule has 0 bridgehead atoms. The van der Waals surface area contributed by atoms with Crippen LogP contribution >= 0.6 is 0 Å². The number of benzene rings is 1. The highest BCUT2D eigenvalue weighted by atomic mass is 19.4. The third-order valence-electron chi connectivity index (χ3n) is 2.96. The lowest BCUT2D eigenvalue weighted by Crippen LogP contribution is -2.24. The summed E-state index contributed by atoms with van der Waals surface area (Å²) in [6.45, 7) is 6.06. The van der Waals surface area contributed by atoms with Crippen molar-refractivity contribution in [2.24, 2.45) is 5.92 Å².